The van der Waals surface area contributed by atoms with Gasteiger partial charge in [0, 0.05) is 36.9 Å². The van der Waals surface area contributed by atoms with Gasteiger partial charge in [0.1, 0.15) is 11.5 Å². The van der Waals surface area contributed by atoms with E-state index in [1.54, 1.807) is 40.1 Å². The number of nitrogens with one attached hydrogen (secondary N) is 1. The molecule has 1 saturated carbocycles. The van der Waals surface area contributed by atoms with Gasteiger partial charge in [0.15, 0.2) is 0 Å². The maximum absolute atomic E-state index is 12.9. The Morgan fingerprint density at radius 3 is 2.62 bits per heavy atom. The lowest BCUT2D eigenvalue weighted by atomic mass is 10.2. The van der Waals surface area contributed by atoms with Crippen LogP contribution in [0, 0.1) is 0 Å². The van der Waals surface area contributed by atoms with Crippen molar-refractivity contribution in [2.45, 2.75) is 31.7 Å². The second kappa shape index (κ2) is 8.95. The fourth-order valence-corrected chi connectivity index (χ4v) is 4.74. The number of morpholine rings is 1. The van der Waals surface area contributed by atoms with Crippen molar-refractivity contribution in [1.82, 2.24) is 24.4 Å². The number of aromatic nitrogens is 4. The zero-order valence-electron chi connectivity index (χ0n) is 17.5. The summed E-state index contributed by atoms with van der Waals surface area (Å²) in [5.74, 6) is 0.820. The lowest BCUT2D eigenvalue weighted by Crippen LogP contribution is -2.40. The molecule has 3 aromatic heterocycles. The molecule has 32 heavy (non-hydrogen) atoms. The summed E-state index contributed by atoms with van der Waals surface area (Å²) in [5.41, 5.74) is 1.07. The molecule has 1 N–H and O–H groups in total. The number of nitrogens with zero attached hydrogens (tertiary/aromatic N) is 5. The number of rotatable bonds is 4. The van der Waals surface area contributed by atoms with Gasteiger partial charge < -0.3 is 15.0 Å². The third-order valence-electron chi connectivity index (χ3n) is 5.97. The number of carbonyl (C=O) groups excluding carboxylic acids is 1. The van der Waals surface area contributed by atoms with E-state index >= 15 is 0 Å². The molecule has 0 spiro atoms. The van der Waals surface area contributed by atoms with Crippen molar-refractivity contribution in [3.8, 4) is 0 Å². The quantitative estimate of drug-likeness (QED) is 0.588. The molecule has 0 unspecified atom stereocenters. The number of hydrogen-bond acceptors (Lipinski definition) is 7. The molecular formula is C22H23BrN6O3. The first-order valence-electron chi connectivity index (χ1n) is 10.8. The van der Waals surface area contributed by atoms with E-state index in [0.29, 0.717) is 53.8 Å². The number of anilines is 2. The van der Waals surface area contributed by atoms with E-state index in [9.17, 15) is 9.59 Å². The highest BCUT2D eigenvalue weighted by Crippen LogP contribution is 2.31. The van der Waals surface area contributed by atoms with E-state index < -0.39 is 0 Å². The predicted octanol–water partition coefficient (Wildman–Crippen LogP) is 3.28. The molecule has 1 aliphatic heterocycles. The molecule has 10 heteroatoms. The summed E-state index contributed by atoms with van der Waals surface area (Å²) in [6.07, 6.45) is 7.42. The fourth-order valence-electron chi connectivity index (χ4n) is 4.31. The van der Waals surface area contributed by atoms with Crippen LogP contribution < -0.4 is 10.9 Å². The molecule has 3 aromatic rings. The van der Waals surface area contributed by atoms with E-state index in [-0.39, 0.29) is 17.5 Å². The first-order valence-corrected chi connectivity index (χ1v) is 11.6. The summed E-state index contributed by atoms with van der Waals surface area (Å²) >= 11 is 3.38. The largest absolute Gasteiger partial charge is 0.378 e. The predicted molar refractivity (Wildman–Crippen MR) is 123 cm³/mol. The molecule has 5 rings (SSSR count). The Kier molecular flexibility index (Phi) is 5.88. The van der Waals surface area contributed by atoms with Crippen molar-refractivity contribution in [3.63, 3.8) is 0 Å². The van der Waals surface area contributed by atoms with Gasteiger partial charge in [-0.3, -0.25) is 14.2 Å². The van der Waals surface area contributed by atoms with E-state index in [1.807, 2.05) is 0 Å². The molecule has 0 aromatic carbocycles. The highest BCUT2D eigenvalue weighted by atomic mass is 79.9. The number of amides is 1. The summed E-state index contributed by atoms with van der Waals surface area (Å²) in [6.45, 7) is 2.28. The van der Waals surface area contributed by atoms with Crippen LogP contribution in [0.1, 0.15) is 42.1 Å². The van der Waals surface area contributed by atoms with Crippen LogP contribution >= 0.6 is 15.9 Å². The first-order chi connectivity index (χ1) is 15.6. The molecule has 0 radical (unpaired) electrons. The van der Waals surface area contributed by atoms with Crippen LogP contribution in [0.5, 0.6) is 0 Å². The topological polar surface area (TPSA) is 102 Å². The minimum absolute atomic E-state index is 0.0551. The van der Waals surface area contributed by atoms with Crippen LogP contribution in [0.2, 0.25) is 0 Å². The van der Waals surface area contributed by atoms with Crippen molar-refractivity contribution in [2.24, 2.45) is 0 Å². The maximum atomic E-state index is 12.9. The molecule has 9 nitrogen and oxygen atoms in total. The van der Waals surface area contributed by atoms with Crippen molar-refractivity contribution >= 4 is 44.6 Å². The molecule has 2 fully saturated rings. The maximum Gasteiger partial charge on any atom is 0.266 e. The normalized spacial score (nSPS) is 17.1. The second-order valence-electron chi connectivity index (χ2n) is 8.04. The Balaban J connectivity index is 1.40. The average Bonchev–Trinajstić information content (AvgIpc) is 3.35. The minimum atomic E-state index is -0.0712. The van der Waals surface area contributed by atoms with Crippen LogP contribution in [0.3, 0.4) is 0 Å². The van der Waals surface area contributed by atoms with Crippen molar-refractivity contribution in [2.75, 3.05) is 31.6 Å². The molecule has 1 saturated heterocycles. The van der Waals surface area contributed by atoms with Crippen LogP contribution in [0.4, 0.5) is 11.8 Å². The third-order valence-corrected chi connectivity index (χ3v) is 6.54. The van der Waals surface area contributed by atoms with E-state index in [1.165, 1.54) is 0 Å². The Hall–Kier alpha value is -2.85. The molecular weight excluding hydrogens is 476 g/mol. The SMILES string of the molecule is O=C(c1ccc(Nc2ncc3cc(Br)c(=O)n(C4CCCC4)c3n2)nc1)N1CCOCC1. The number of carbonyl (C=O) groups is 1. The highest BCUT2D eigenvalue weighted by Gasteiger charge is 2.22. The molecule has 1 amide bonds. The molecule has 0 bridgehead atoms. The van der Waals surface area contributed by atoms with Crippen LogP contribution in [0.25, 0.3) is 11.0 Å². The monoisotopic (exact) mass is 498 g/mol. The summed E-state index contributed by atoms with van der Waals surface area (Å²) in [7, 11) is 0. The van der Waals surface area contributed by atoms with Gasteiger partial charge in [-0.2, -0.15) is 4.98 Å². The third kappa shape index (κ3) is 4.12. The smallest absolute Gasteiger partial charge is 0.266 e. The number of halogens is 1. The Labute approximate surface area is 193 Å². The number of hydrogen-bond donors (Lipinski definition) is 1. The number of fused-ring (bicyclic) bond motifs is 1. The summed E-state index contributed by atoms with van der Waals surface area (Å²) < 4.78 is 7.60. The van der Waals surface area contributed by atoms with Gasteiger partial charge in [0.2, 0.25) is 5.95 Å². The van der Waals surface area contributed by atoms with Crippen LogP contribution in [-0.4, -0.2) is 56.6 Å². The number of ether oxygens (including phenoxy) is 1. The van der Waals surface area contributed by atoms with Gasteiger partial charge >= 0.3 is 0 Å². The van der Waals surface area contributed by atoms with Crippen LogP contribution in [-0.2, 0) is 4.74 Å². The summed E-state index contributed by atoms with van der Waals surface area (Å²) in [5, 5.41) is 3.89. The Morgan fingerprint density at radius 2 is 1.91 bits per heavy atom. The molecule has 0 atom stereocenters. The van der Waals surface area contributed by atoms with Gasteiger partial charge in [-0.1, -0.05) is 12.8 Å². The number of pyridine rings is 2. The van der Waals surface area contributed by atoms with Crippen molar-refractivity contribution in [3.05, 3.63) is 51.0 Å². The van der Waals surface area contributed by atoms with Gasteiger partial charge in [-0.25, -0.2) is 9.97 Å². The van der Waals surface area contributed by atoms with E-state index in [2.05, 4.69) is 36.2 Å². The van der Waals surface area contributed by atoms with Gasteiger partial charge in [-0.15, -0.1) is 0 Å². The molecule has 4 heterocycles. The standard InChI is InChI=1S/C22H23BrN6O3/c23-17-11-15-13-25-22(27-19(15)29(21(17)31)16-3-1-2-4-16)26-18-6-5-14(12-24-18)20(30)28-7-9-32-10-8-28/h5-6,11-13,16H,1-4,7-10H2,(H,24,25,26,27). The highest BCUT2D eigenvalue weighted by molar-refractivity contribution is 9.10. The lowest BCUT2D eigenvalue weighted by Gasteiger charge is -2.26. The average molecular weight is 499 g/mol. The molecule has 1 aliphatic carbocycles. The van der Waals surface area contributed by atoms with Gasteiger partial charge in [0.25, 0.3) is 11.5 Å². The second-order valence-corrected chi connectivity index (χ2v) is 8.89. The van der Waals surface area contributed by atoms with Gasteiger partial charge in [0.05, 0.1) is 23.2 Å². The lowest BCUT2D eigenvalue weighted by molar-refractivity contribution is 0.0302. The van der Waals surface area contributed by atoms with Crippen molar-refractivity contribution in [1.29, 1.82) is 0 Å². The van der Waals surface area contributed by atoms with Gasteiger partial charge in [-0.05, 0) is 47.0 Å². The Morgan fingerprint density at radius 1 is 1.12 bits per heavy atom. The zero-order valence-corrected chi connectivity index (χ0v) is 19.0. The van der Waals surface area contributed by atoms with Crippen LogP contribution in [0.15, 0.2) is 39.9 Å². The zero-order chi connectivity index (χ0) is 22.1. The summed E-state index contributed by atoms with van der Waals surface area (Å²) in [4.78, 5) is 40.6. The van der Waals surface area contributed by atoms with Crippen molar-refractivity contribution < 1.29 is 9.53 Å². The minimum Gasteiger partial charge on any atom is -0.378 e. The summed E-state index contributed by atoms with van der Waals surface area (Å²) in [6, 6.07) is 5.37. The Bertz CT molecular complexity index is 1200. The molecule has 166 valence electrons. The molecule has 2 aliphatic rings. The van der Waals surface area contributed by atoms with E-state index in [0.717, 1.165) is 31.1 Å². The van der Waals surface area contributed by atoms with E-state index in [4.69, 9.17) is 4.74 Å². The first kappa shape index (κ1) is 21.0. The fraction of sp³-hybridized carbons (Fsp3) is 0.409.